The van der Waals surface area contributed by atoms with Crippen molar-refractivity contribution in [3.8, 4) is 11.5 Å². The Morgan fingerprint density at radius 1 is 0.792 bits per heavy atom. The first-order valence-corrected chi connectivity index (χ1v) is 14.4. The van der Waals surface area contributed by atoms with Gasteiger partial charge in [-0.05, 0) is 54.5 Å². The highest BCUT2D eigenvalue weighted by Crippen LogP contribution is 2.43. The second-order valence-electron chi connectivity index (χ2n) is 9.55. The highest BCUT2D eigenvalue weighted by molar-refractivity contribution is 6.75. The van der Waals surface area contributed by atoms with E-state index in [4.69, 9.17) is 8.85 Å². The smallest absolute Gasteiger partial charge is 0.250 e. The maximum atomic E-state index is 11.2. The SMILES string of the molecule is CC(C)(C)[Si](C)(C)Oc1ccc(C=O)cc1O[Si](C)(C)C(C)(C)C. The first-order chi connectivity index (χ1) is 10.6. The third-order valence-corrected chi connectivity index (χ3v) is 14.1. The van der Waals surface area contributed by atoms with Crippen molar-refractivity contribution in [3.63, 3.8) is 0 Å². The Balaban J connectivity index is 3.31. The lowest BCUT2D eigenvalue weighted by molar-refractivity contribution is 0.112. The number of hydrogen-bond donors (Lipinski definition) is 0. The zero-order valence-electron chi connectivity index (χ0n) is 17.0. The van der Waals surface area contributed by atoms with Crippen LogP contribution in [0.1, 0.15) is 51.9 Å². The zero-order valence-corrected chi connectivity index (χ0v) is 19.0. The second kappa shape index (κ2) is 6.67. The summed E-state index contributed by atoms with van der Waals surface area (Å²) < 4.78 is 13.0. The van der Waals surface area contributed by atoms with Gasteiger partial charge in [0.2, 0.25) is 0 Å². The lowest BCUT2D eigenvalue weighted by Gasteiger charge is -2.39. The van der Waals surface area contributed by atoms with Crippen molar-refractivity contribution in [1.82, 2.24) is 0 Å². The normalized spacial score (nSPS) is 13.6. The minimum atomic E-state index is -2.01. The summed E-state index contributed by atoms with van der Waals surface area (Å²) in [4.78, 5) is 11.2. The number of rotatable bonds is 5. The summed E-state index contributed by atoms with van der Waals surface area (Å²) >= 11 is 0. The number of aldehydes is 1. The molecule has 0 atom stereocenters. The molecule has 0 aromatic heterocycles. The molecule has 0 amide bonds. The largest absolute Gasteiger partial charge is 0.541 e. The molecule has 0 fully saturated rings. The summed E-state index contributed by atoms with van der Waals surface area (Å²) in [6, 6.07) is 5.50. The van der Waals surface area contributed by atoms with Crippen molar-refractivity contribution >= 4 is 22.9 Å². The Morgan fingerprint density at radius 3 is 1.58 bits per heavy atom. The van der Waals surface area contributed by atoms with E-state index in [0.29, 0.717) is 11.3 Å². The molecule has 0 aliphatic rings. The van der Waals surface area contributed by atoms with Crippen molar-refractivity contribution in [2.45, 2.75) is 77.8 Å². The quantitative estimate of drug-likeness (QED) is 0.455. The molecule has 0 unspecified atom stereocenters. The van der Waals surface area contributed by atoms with Crippen LogP contribution < -0.4 is 8.85 Å². The molecule has 0 aliphatic carbocycles. The van der Waals surface area contributed by atoms with E-state index in [1.807, 2.05) is 12.1 Å². The molecule has 136 valence electrons. The van der Waals surface area contributed by atoms with E-state index in [1.165, 1.54) is 0 Å². The van der Waals surface area contributed by atoms with Crippen LogP contribution in [0.25, 0.3) is 0 Å². The van der Waals surface area contributed by atoms with E-state index < -0.39 is 16.6 Å². The maximum absolute atomic E-state index is 11.2. The molecular formula is C19H34O3Si2. The van der Waals surface area contributed by atoms with Crippen LogP contribution >= 0.6 is 0 Å². The van der Waals surface area contributed by atoms with Gasteiger partial charge in [-0.25, -0.2) is 0 Å². The Bertz CT molecular complexity index is 594. The molecule has 0 radical (unpaired) electrons. The van der Waals surface area contributed by atoms with Gasteiger partial charge >= 0.3 is 0 Å². The fourth-order valence-corrected chi connectivity index (χ4v) is 3.66. The molecule has 1 rings (SSSR count). The van der Waals surface area contributed by atoms with E-state index in [9.17, 15) is 4.79 Å². The molecule has 1 aromatic carbocycles. The number of carbonyl (C=O) groups excluding carboxylic acids is 1. The number of carbonyl (C=O) groups is 1. The summed E-state index contributed by atoms with van der Waals surface area (Å²) in [6.07, 6.45) is 0.856. The lowest BCUT2D eigenvalue weighted by Crippen LogP contribution is -2.45. The molecule has 5 heteroatoms. The van der Waals surface area contributed by atoms with E-state index in [0.717, 1.165) is 12.0 Å². The van der Waals surface area contributed by atoms with Gasteiger partial charge in [0.1, 0.15) is 17.8 Å². The third kappa shape index (κ3) is 4.73. The van der Waals surface area contributed by atoms with Crippen LogP contribution in [0.3, 0.4) is 0 Å². The van der Waals surface area contributed by atoms with Gasteiger partial charge < -0.3 is 8.85 Å². The summed E-state index contributed by atoms with van der Waals surface area (Å²) in [5.74, 6) is 1.47. The number of hydrogen-bond acceptors (Lipinski definition) is 3. The molecule has 1 aromatic rings. The van der Waals surface area contributed by atoms with Crippen LogP contribution in [0.5, 0.6) is 11.5 Å². The second-order valence-corrected chi connectivity index (χ2v) is 19.0. The molecule has 3 nitrogen and oxygen atoms in total. The molecule has 0 N–H and O–H groups in total. The Kier molecular flexibility index (Phi) is 5.83. The maximum Gasteiger partial charge on any atom is 0.250 e. The monoisotopic (exact) mass is 366 g/mol. The average molecular weight is 367 g/mol. The fourth-order valence-electron chi connectivity index (χ4n) is 1.62. The van der Waals surface area contributed by atoms with Crippen LogP contribution in [-0.2, 0) is 0 Å². The summed E-state index contributed by atoms with van der Waals surface area (Å²) in [7, 11) is -3.99. The van der Waals surface area contributed by atoms with Crippen molar-refractivity contribution in [2.75, 3.05) is 0 Å². The highest BCUT2D eigenvalue weighted by Gasteiger charge is 2.42. The summed E-state index contributed by atoms with van der Waals surface area (Å²) in [6.45, 7) is 22.1. The van der Waals surface area contributed by atoms with Crippen molar-refractivity contribution in [2.24, 2.45) is 0 Å². The standard InChI is InChI=1S/C19H34O3Si2/c1-18(2,3)23(7,8)21-16-12-11-15(14-20)13-17(16)22-24(9,10)19(4,5)6/h11-14H,1-10H3. The van der Waals surface area contributed by atoms with E-state index >= 15 is 0 Å². The molecule has 0 aliphatic heterocycles. The molecular weight excluding hydrogens is 332 g/mol. The minimum Gasteiger partial charge on any atom is -0.541 e. The van der Waals surface area contributed by atoms with Crippen LogP contribution in [0.4, 0.5) is 0 Å². The summed E-state index contributed by atoms with van der Waals surface area (Å²) in [5.41, 5.74) is 0.617. The zero-order chi connectivity index (χ0) is 19.0. The van der Waals surface area contributed by atoms with Gasteiger partial charge in [0.15, 0.2) is 0 Å². The summed E-state index contributed by atoms with van der Waals surface area (Å²) in [5, 5.41) is 0.184. The highest BCUT2D eigenvalue weighted by atomic mass is 28.4. The van der Waals surface area contributed by atoms with Crippen molar-refractivity contribution in [3.05, 3.63) is 23.8 Å². The Labute approximate surface area is 150 Å². The van der Waals surface area contributed by atoms with Gasteiger partial charge in [-0.1, -0.05) is 41.5 Å². The Morgan fingerprint density at radius 2 is 1.21 bits per heavy atom. The number of benzene rings is 1. The predicted molar refractivity (Wildman–Crippen MR) is 107 cm³/mol. The molecule has 0 saturated carbocycles. The molecule has 0 bridgehead atoms. The van der Waals surface area contributed by atoms with Gasteiger partial charge in [-0.15, -0.1) is 0 Å². The fraction of sp³-hybridized carbons (Fsp3) is 0.632. The molecule has 0 heterocycles. The van der Waals surface area contributed by atoms with Crippen molar-refractivity contribution in [1.29, 1.82) is 0 Å². The van der Waals surface area contributed by atoms with Gasteiger partial charge in [0.25, 0.3) is 16.6 Å². The van der Waals surface area contributed by atoms with Gasteiger partial charge in [0, 0.05) is 5.56 Å². The first-order valence-electron chi connectivity index (χ1n) is 8.58. The van der Waals surface area contributed by atoms with Gasteiger partial charge in [0.05, 0.1) is 0 Å². The van der Waals surface area contributed by atoms with E-state index in [-0.39, 0.29) is 10.1 Å². The average Bonchev–Trinajstić information content (AvgIpc) is 2.37. The lowest BCUT2D eigenvalue weighted by atomic mass is 10.2. The van der Waals surface area contributed by atoms with Crippen molar-refractivity contribution < 1.29 is 13.6 Å². The van der Waals surface area contributed by atoms with E-state index in [1.54, 1.807) is 6.07 Å². The van der Waals surface area contributed by atoms with Gasteiger partial charge in [-0.3, -0.25) is 4.79 Å². The topological polar surface area (TPSA) is 35.5 Å². The van der Waals surface area contributed by atoms with Crippen LogP contribution in [-0.4, -0.2) is 22.9 Å². The first kappa shape index (κ1) is 21.0. The van der Waals surface area contributed by atoms with Crippen LogP contribution in [0.15, 0.2) is 18.2 Å². The van der Waals surface area contributed by atoms with Gasteiger partial charge in [-0.2, -0.15) is 0 Å². The predicted octanol–water partition coefficient (Wildman–Crippen LogP) is 6.27. The molecule has 0 spiro atoms. The van der Waals surface area contributed by atoms with E-state index in [2.05, 4.69) is 67.7 Å². The Hall–Kier alpha value is -1.08. The van der Waals surface area contributed by atoms with Crippen LogP contribution in [0, 0.1) is 0 Å². The molecule has 24 heavy (non-hydrogen) atoms. The third-order valence-electron chi connectivity index (χ3n) is 5.45. The minimum absolute atomic E-state index is 0.0818. The van der Waals surface area contributed by atoms with Crippen LogP contribution in [0.2, 0.25) is 36.3 Å². The molecule has 0 saturated heterocycles.